The predicted molar refractivity (Wildman–Crippen MR) is 52.5 cm³/mol. The molecule has 0 spiro atoms. The van der Waals surface area contributed by atoms with E-state index in [-0.39, 0.29) is 12.5 Å². The standard InChI is InChI=1S/C10H9N3O/c11-3-4-13-9-2-1-8(12)5-7(9)6-10(13)14/h1-2,5H,4,6,12H2. The normalized spacial score (nSPS) is 13.9. The Bertz CT molecular complexity index is 433. The number of nitrogen functional groups attached to an aromatic ring is 1. The molecule has 2 N–H and O–H groups in total. The summed E-state index contributed by atoms with van der Waals surface area (Å²) < 4.78 is 0. The molecule has 0 aliphatic carbocycles. The molecule has 0 radical (unpaired) electrons. The molecule has 0 atom stereocenters. The Balaban J connectivity index is 2.43. The van der Waals surface area contributed by atoms with E-state index in [0.717, 1.165) is 11.3 Å². The van der Waals surface area contributed by atoms with Crippen LogP contribution in [0.1, 0.15) is 5.56 Å². The Morgan fingerprint density at radius 2 is 2.36 bits per heavy atom. The average Bonchev–Trinajstić information content (AvgIpc) is 2.43. The van der Waals surface area contributed by atoms with Gasteiger partial charge in [0.2, 0.25) is 5.91 Å². The molecule has 0 fully saturated rings. The van der Waals surface area contributed by atoms with E-state index < -0.39 is 0 Å². The number of hydrogen-bond donors (Lipinski definition) is 1. The van der Waals surface area contributed by atoms with E-state index in [1.807, 2.05) is 6.07 Å². The third kappa shape index (κ3) is 1.19. The summed E-state index contributed by atoms with van der Waals surface area (Å²) in [6, 6.07) is 7.27. The maximum atomic E-state index is 11.5. The topological polar surface area (TPSA) is 70.1 Å². The SMILES string of the molecule is N#CCN1C(=O)Cc2cc(N)ccc21. The van der Waals surface area contributed by atoms with Crippen molar-refractivity contribution in [2.45, 2.75) is 6.42 Å². The van der Waals surface area contributed by atoms with Crippen molar-refractivity contribution in [3.8, 4) is 6.07 Å². The van der Waals surface area contributed by atoms with E-state index in [1.54, 1.807) is 18.2 Å². The molecule has 0 unspecified atom stereocenters. The third-order valence-electron chi connectivity index (χ3n) is 2.27. The molecule has 2 rings (SSSR count). The summed E-state index contributed by atoms with van der Waals surface area (Å²) in [6.45, 7) is 0.107. The van der Waals surface area contributed by atoms with Gasteiger partial charge in [0.1, 0.15) is 6.54 Å². The van der Waals surface area contributed by atoms with Crippen molar-refractivity contribution in [1.82, 2.24) is 0 Å². The Morgan fingerprint density at radius 1 is 1.57 bits per heavy atom. The van der Waals surface area contributed by atoms with E-state index in [9.17, 15) is 4.79 Å². The van der Waals surface area contributed by atoms with Crippen LogP contribution in [-0.2, 0) is 11.2 Å². The highest BCUT2D eigenvalue weighted by atomic mass is 16.2. The minimum atomic E-state index is -0.0350. The first kappa shape index (κ1) is 8.57. The molecule has 70 valence electrons. The zero-order valence-corrected chi connectivity index (χ0v) is 7.53. The summed E-state index contributed by atoms with van der Waals surface area (Å²) in [6.07, 6.45) is 0.349. The number of hydrogen-bond acceptors (Lipinski definition) is 3. The Labute approximate surface area is 81.5 Å². The second kappa shape index (κ2) is 3.04. The first-order valence-corrected chi connectivity index (χ1v) is 4.28. The molecular weight excluding hydrogens is 178 g/mol. The van der Waals surface area contributed by atoms with Crippen LogP contribution in [-0.4, -0.2) is 12.5 Å². The van der Waals surface area contributed by atoms with Gasteiger partial charge in [-0.3, -0.25) is 9.69 Å². The highest BCUT2D eigenvalue weighted by molar-refractivity contribution is 6.02. The fraction of sp³-hybridized carbons (Fsp3) is 0.200. The lowest BCUT2D eigenvalue weighted by molar-refractivity contribution is -0.117. The van der Waals surface area contributed by atoms with Crippen LogP contribution in [0.15, 0.2) is 18.2 Å². The molecular formula is C10H9N3O. The van der Waals surface area contributed by atoms with E-state index in [4.69, 9.17) is 11.0 Å². The number of fused-ring (bicyclic) bond motifs is 1. The maximum absolute atomic E-state index is 11.5. The van der Waals surface area contributed by atoms with Crippen LogP contribution in [0, 0.1) is 11.3 Å². The minimum Gasteiger partial charge on any atom is -0.399 e. The lowest BCUT2D eigenvalue weighted by Crippen LogP contribution is -2.26. The molecule has 14 heavy (non-hydrogen) atoms. The van der Waals surface area contributed by atoms with Gasteiger partial charge in [0, 0.05) is 11.4 Å². The first-order chi connectivity index (χ1) is 6.72. The smallest absolute Gasteiger partial charge is 0.232 e. The first-order valence-electron chi connectivity index (χ1n) is 4.28. The van der Waals surface area contributed by atoms with Crippen LogP contribution in [0.2, 0.25) is 0 Å². The number of nitrogens with zero attached hydrogens (tertiary/aromatic N) is 2. The lowest BCUT2D eigenvalue weighted by atomic mass is 10.1. The van der Waals surface area contributed by atoms with Crippen molar-refractivity contribution in [2.75, 3.05) is 17.2 Å². The summed E-state index contributed by atoms with van der Waals surface area (Å²) in [5, 5.41) is 8.56. The number of carbonyl (C=O) groups is 1. The molecule has 4 nitrogen and oxygen atoms in total. The predicted octanol–water partition coefficient (Wildman–Crippen LogP) is 0.681. The molecule has 0 bridgehead atoms. The van der Waals surface area contributed by atoms with Crippen molar-refractivity contribution >= 4 is 17.3 Å². The Morgan fingerprint density at radius 3 is 3.07 bits per heavy atom. The van der Waals surface area contributed by atoms with Gasteiger partial charge in [0.25, 0.3) is 0 Å². The van der Waals surface area contributed by atoms with Gasteiger partial charge in [-0.25, -0.2) is 0 Å². The van der Waals surface area contributed by atoms with Gasteiger partial charge >= 0.3 is 0 Å². The number of nitrogens with two attached hydrogens (primary N) is 1. The van der Waals surface area contributed by atoms with E-state index in [1.165, 1.54) is 4.90 Å². The highest BCUT2D eigenvalue weighted by Crippen LogP contribution is 2.29. The molecule has 1 aliphatic heterocycles. The third-order valence-corrected chi connectivity index (χ3v) is 2.27. The minimum absolute atomic E-state index is 0.0350. The van der Waals surface area contributed by atoms with Crippen LogP contribution in [0.25, 0.3) is 0 Å². The van der Waals surface area contributed by atoms with Crippen molar-refractivity contribution < 1.29 is 4.79 Å². The molecule has 0 saturated carbocycles. The fourth-order valence-electron chi connectivity index (χ4n) is 1.65. The molecule has 1 aliphatic rings. The molecule has 4 heteroatoms. The van der Waals surface area contributed by atoms with Gasteiger partial charge in [-0.1, -0.05) is 0 Å². The highest BCUT2D eigenvalue weighted by Gasteiger charge is 2.26. The summed E-state index contributed by atoms with van der Waals surface area (Å²) in [5.41, 5.74) is 7.97. The number of nitriles is 1. The van der Waals surface area contributed by atoms with Crippen LogP contribution in [0.5, 0.6) is 0 Å². The number of rotatable bonds is 1. The second-order valence-corrected chi connectivity index (χ2v) is 3.20. The lowest BCUT2D eigenvalue weighted by Gasteiger charge is -2.12. The van der Waals surface area contributed by atoms with Crippen molar-refractivity contribution in [2.24, 2.45) is 0 Å². The van der Waals surface area contributed by atoms with Gasteiger partial charge in [-0.05, 0) is 23.8 Å². The molecule has 1 aromatic carbocycles. The fourth-order valence-corrected chi connectivity index (χ4v) is 1.65. The zero-order valence-electron chi connectivity index (χ0n) is 7.53. The number of amides is 1. The van der Waals surface area contributed by atoms with Gasteiger partial charge in [0.05, 0.1) is 12.5 Å². The van der Waals surface area contributed by atoms with E-state index in [0.29, 0.717) is 12.1 Å². The summed E-state index contributed by atoms with van der Waals surface area (Å²) in [7, 11) is 0. The van der Waals surface area contributed by atoms with Crippen LogP contribution in [0.4, 0.5) is 11.4 Å². The number of anilines is 2. The van der Waals surface area contributed by atoms with Crippen molar-refractivity contribution in [1.29, 1.82) is 5.26 Å². The summed E-state index contributed by atoms with van der Waals surface area (Å²) in [5.74, 6) is -0.0350. The monoisotopic (exact) mass is 187 g/mol. The van der Waals surface area contributed by atoms with Crippen LogP contribution < -0.4 is 10.6 Å². The van der Waals surface area contributed by atoms with Crippen molar-refractivity contribution in [3.05, 3.63) is 23.8 Å². The van der Waals surface area contributed by atoms with Crippen LogP contribution >= 0.6 is 0 Å². The summed E-state index contributed by atoms with van der Waals surface area (Å²) in [4.78, 5) is 12.9. The van der Waals surface area contributed by atoms with Gasteiger partial charge < -0.3 is 5.73 Å². The molecule has 1 aromatic rings. The van der Waals surface area contributed by atoms with Gasteiger partial charge in [0.15, 0.2) is 0 Å². The van der Waals surface area contributed by atoms with Gasteiger partial charge in [-0.2, -0.15) is 5.26 Å². The quantitative estimate of drug-likeness (QED) is 0.519. The molecule has 0 aromatic heterocycles. The van der Waals surface area contributed by atoms with E-state index >= 15 is 0 Å². The Hall–Kier alpha value is -2.02. The second-order valence-electron chi connectivity index (χ2n) is 3.20. The molecule has 1 heterocycles. The Kier molecular flexibility index (Phi) is 1.86. The summed E-state index contributed by atoms with van der Waals surface area (Å²) >= 11 is 0. The van der Waals surface area contributed by atoms with Crippen molar-refractivity contribution in [3.63, 3.8) is 0 Å². The molecule has 0 saturated heterocycles. The van der Waals surface area contributed by atoms with E-state index in [2.05, 4.69) is 0 Å². The van der Waals surface area contributed by atoms with Crippen LogP contribution in [0.3, 0.4) is 0 Å². The largest absolute Gasteiger partial charge is 0.399 e. The number of benzene rings is 1. The number of carbonyl (C=O) groups excluding carboxylic acids is 1. The average molecular weight is 187 g/mol. The maximum Gasteiger partial charge on any atom is 0.232 e. The van der Waals surface area contributed by atoms with Gasteiger partial charge in [-0.15, -0.1) is 0 Å². The molecule has 1 amide bonds. The zero-order chi connectivity index (χ0) is 10.1.